The van der Waals surface area contributed by atoms with Gasteiger partial charge in [-0.1, -0.05) is 0 Å². The molecule has 0 radical (unpaired) electrons. The molecule has 0 spiro atoms. The third kappa shape index (κ3) is 2.82. The van der Waals surface area contributed by atoms with Crippen LogP contribution in [0.1, 0.15) is 18.7 Å². The number of hydrogen-bond acceptors (Lipinski definition) is 4. The van der Waals surface area contributed by atoms with Crippen molar-refractivity contribution in [1.29, 1.82) is 0 Å². The quantitative estimate of drug-likeness (QED) is 0.752. The Morgan fingerprint density at radius 3 is 2.94 bits per heavy atom. The number of nitrogens with zero attached hydrogens (tertiary/aromatic N) is 2. The number of aromatic nitrogens is 2. The number of aromatic amines is 1. The average molecular weight is 223 g/mol. The molecule has 1 fully saturated rings. The molecule has 1 aromatic heterocycles. The van der Waals surface area contributed by atoms with Gasteiger partial charge in [-0.05, 0) is 25.7 Å². The number of rotatable bonds is 5. The van der Waals surface area contributed by atoms with Crippen LogP contribution in [-0.2, 0) is 0 Å². The van der Waals surface area contributed by atoms with Gasteiger partial charge in [-0.3, -0.25) is 4.79 Å². The lowest BCUT2D eigenvalue weighted by atomic mass is 10.3. The van der Waals surface area contributed by atoms with E-state index in [0.717, 1.165) is 6.54 Å². The molecule has 16 heavy (non-hydrogen) atoms. The molecule has 1 aliphatic rings. The molecule has 2 rings (SSSR count). The van der Waals surface area contributed by atoms with Crippen LogP contribution in [0.2, 0.25) is 0 Å². The average Bonchev–Trinajstić information content (AvgIpc) is 2.99. The highest BCUT2D eigenvalue weighted by Gasteiger charge is 2.24. The van der Waals surface area contributed by atoms with E-state index in [1.165, 1.54) is 18.9 Å². The number of anilines is 1. The SMILES string of the molecule is Cc1nc(N(CCO)CC2CC2)cc(=O)[nH]1. The minimum Gasteiger partial charge on any atom is -0.395 e. The summed E-state index contributed by atoms with van der Waals surface area (Å²) in [5, 5.41) is 9.01. The highest BCUT2D eigenvalue weighted by Crippen LogP contribution is 2.30. The van der Waals surface area contributed by atoms with Crippen LogP contribution in [0.5, 0.6) is 0 Å². The van der Waals surface area contributed by atoms with Crippen molar-refractivity contribution in [2.75, 3.05) is 24.6 Å². The van der Waals surface area contributed by atoms with Crippen molar-refractivity contribution in [2.24, 2.45) is 5.92 Å². The first-order valence-corrected chi connectivity index (χ1v) is 5.63. The predicted molar refractivity (Wildman–Crippen MR) is 61.6 cm³/mol. The van der Waals surface area contributed by atoms with Crippen LogP contribution in [0.4, 0.5) is 5.82 Å². The standard InChI is InChI=1S/C11H17N3O2/c1-8-12-10(6-11(16)13-8)14(4-5-15)7-9-2-3-9/h6,9,15H,2-5,7H2,1H3,(H,12,13,16). The Morgan fingerprint density at radius 2 is 2.38 bits per heavy atom. The van der Waals surface area contributed by atoms with Crippen molar-refractivity contribution in [3.63, 3.8) is 0 Å². The molecule has 1 saturated carbocycles. The van der Waals surface area contributed by atoms with E-state index in [-0.39, 0.29) is 12.2 Å². The number of aryl methyl sites for hydroxylation is 1. The van der Waals surface area contributed by atoms with Gasteiger partial charge in [0.05, 0.1) is 6.61 Å². The van der Waals surface area contributed by atoms with Crippen LogP contribution in [-0.4, -0.2) is 34.8 Å². The number of aliphatic hydroxyl groups is 1. The molecule has 0 aromatic carbocycles. The van der Waals surface area contributed by atoms with Crippen LogP contribution in [0.15, 0.2) is 10.9 Å². The third-order valence-corrected chi connectivity index (χ3v) is 2.72. The van der Waals surface area contributed by atoms with E-state index in [0.29, 0.717) is 24.1 Å². The molecular weight excluding hydrogens is 206 g/mol. The largest absolute Gasteiger partial charge is 0.395 e. The second-order valence-corrected chi connectivity index (χ2v) is 4.30. The molecule has 1 aromatic rings. The van der Waals surface area contributed by atoms with Gasteiger partial charge in [-0.2, -0.15) is 0 Å². The fourth-order valence-electron chi connectivity index (χ4n) is 1.76. The maximum absolute atomic E-state index is 11.3. The molecule has 0 amide bonds. The van der Waals surface area contributed by atoms with E-state index in [9.17, 15) is 4.79 Å². The highest BCUT2D eigenvalue weighted by molar-refractivity contribution is 5.37. The maximum atomic E-state index is 11.3. The Labute approximate surface area is 94.1 Å². The van der Waals surface area contributed by atoms with E-state index in [1.54, 1.807) is 6.92 Å². The first-order valence-electron chi connectivity index (χ1n) is 5.63. The summed E-state index contributed by atoms with van der Waals surface area (Å²) < 4.78 is 0. The Bertz CT molecular complexity index is 412. The molecule has 0 aliphatic heterocycles. The van der Waals surface area contributed by atoms with Crippen molar-refractivity contribution >= 4 is 5.82 Å². The van der Waals surface area contributed by atoms with Crippen LogP contribution in [0.3, 0.4) is 0 Å². The van der Waals surface area contributed by atoms with Crippen LogP contribution in [0, 0.1) is 12.8 Å². The summed E-state index contributed by atoms with van der Waals surface area (Å²) in [5.41, 5.74) is -0.138. The molecule has 5 heteroatoms. The summed E-state index contributed by atoms with van der Waals surface area (Å²) in [6.07, 6.45) is 2.48. The monoisotopic (exact) mass is 223 g/mol. The van der Waals surface area contributed by atoms with Gasteiger partial charge in [0.1, 0.15) is 11.6 Å². The fraction of sp³-hybridized carbons (Fsp3) is 0.636. The zero-order valence-electron chi connectivity index (χ0n) is 9.44. The van der Waals surface area contributed by atoms with Gasteiger partial charge < -0.3 is 15.0 Å². The summed E-state index contributed by atoms with van der Waals surface area (Å²) in [5.74, 6) is 1.98. The molecule has 88 valence electrons. The van der Waals surface area contributed by atoms with E-state index in [4.69, 9.17) is 5.11 Å². The summed E-state index contributed by atoms with van der Waals surface area (Å²) >= 11 is 0. The second-order valence-electron chi connectivity index (χ2n) is 4.30. The van der Waals surface area contributed by atoms with Crippen LogP contribution >= 0.6 is 0 Å². The zero-order chi connectivity index (χ0) is 11.5. The number of nitrogens with one attached hydrogen (secondary N) is 1. The molecule has 0 bridgehead atoms. The highest BCUT2D eigenvalue weighted by atomic mass is 16.3. The normalized spacial score (nSPS) is 15.1. The molecule has 5 nitrogen and oxygen atoms in total. The molecule has 0 atom stereocenters. The molecule has 0 unspecified atom stereocenters. The van der Waals surface area contributed by atoms with Gasteiger partial charge in [-0.25, -0.2) is 4.98 Å². The van der Waals surface area contributed by atoms with Gasteiger partial charge in [0.25, 0.3) is 5.56 Å². The van der Waals surface area contributed by atoms with Gasteiger partial charge in [0.2, 0.25) is 0 Å². The topological polar surface area (TPSA) is 69.2 Å². The van der Waals surface area contributed by atoms with E-state index in [1.807, 2.05) is 4.90 Å². The van der Waals surface area contributed by atoms with Crippen molar-refractivity contribution in [3.8, 4) is 0 Å². The van der Waals surface area contributed by atoms with Crippen LogP contribution in [0.25, 0.3) is 0 Å². The van der Waals surface area contributed by atoms with E-state index < -0.39 is 0 Å². The van der Waals surface area contributed by atoms with E-state index in [2.05, 4.69) is 9.97 Å². The number of aliphatic hydroxyl groups excluding tert-OH is 1. The Kier molecular flexibility index (Phi) is 3.24. The van der Waals surface area contributed by atoms with E-state index >= 15 is 0 Å². The van der Waals surface area contributed by atoms with Crippen molar-refractivity contribution in [1.82, 2.24) is 9.97 Å². The minimum atomic E-state index is -0.138. The van der Waals surface area contributed by atoms with Crippen molar-refractivity contribution in [2.45, 2.75) is 19.8 Å². The first kappa shape index (κ1) is 11.1. The number of H-pyrrole nitrogens is 1. The van der Waals surface area contributed by atoms with Crippen molar-refractivity contribution in [3.05, 3.63) is 22.2 Å². The second kappa shape index (κ2) is 4.65. The Morgan fingerprint density at radius 1 is 1.62 bits per heavy atom. The smallest absolute Gasteiger partial charge is 0.252 e. The third-order valence-electron chi connectivity index (χ3n) is 2.72. The zero-order valence-corrected chi connectivity index (χ0v) is 9.44. The lowest BCUT2D eigenvalue weighted by Crippen LogP contribution is -2.31. The summed E-state index contributed by atoms with van der Waals surface area (Å²) in [6, 6.07) is 1.49. The minimum absolute atomic E-state index is 0.0836. The summed E-state index contributed by atoms with van der Waals surface area (Å²) in [7, 11) is 0. The van der Waals surface area contributed by atoms with Crippen LogP contribution < -0.4 is 10.5 Å². The molecule has 2 N–H and O–H groups in total. The van der Waals surface area contributed by atoms with Gasteiger partial charge >= 0.3 is 0 Å². The van der Waals surface area contributed by atoms with Crippen molar-refractivity contribution < 1.29 is 5.11 Å². The predicted octanol–water partition coefficient (Wildman–Crippen LogP) is 0.287. The first-order chi connectivity index (χ1) is 7.69. The summed E-state index contributed by atoms with van der Waals surface area (Å²) in [6.45, 7) is 3.27. The Hall–Kier alpha value is -1.36. The lowest BCUT2D eigenvalue weighted by Gasteiger charge is -2.22. The molecule has 1 aliphatic carbocycles. The lowest BCUT2D eigenvalue weighted by molar-refractivity contribution is 0.301. The van der Waals surface area contributed by atoms with Gasteiger partial charge in [-0.15, -0.1) is 0 Å². The maximum Gasteiger partial charge on any atom is 0.252 e. The number of hydrogen-bond donors (Lipinski definition) is 2. The molecule has 0 saturated heterocycles. The van der Waals surface area contributed by atoms with Gasteiger partial charge in [0.15, 0.2) is 0 Å². The fourth-order valence-corrected chi connectivity index (χ4v) is 1.76. The van der Waals surface area contributed by atoms with Gasteiger partial charge in [0, 0.05) is 19.2 Å². The Balaban J connectivity index is 2.18. The summed E-state index contributed by atoms with van der Waals surface area (Å²) in [4.78, 5) is 20.2. The molecule has 1 heterocycles. The molecular formula is C11H17N3O2.